The highest BCUT2D eigenvalue weighted by molar-refractivity contribution is 7.13. The molecule has 4 aromatic rings. The second-order valence-electron chi connectivity index (χ2n) is 7.10. The number of aryl methyl sites for hydroxylation is 2. The number of thiophene rings is 1. The average Bonchev–Trinajstić information content (AvgIpc) is 3.45. The first-order valence-corrected chi connectivity index (χ1v) is 10.8. The summed E-state index contributed by atoms with van der Waals surface area (Å²) in [7, 11) is 3.00. The van der Waals surface area contributed by atoms with E-state index in [9.17, 15) is 14.4 Å². The summed E-state index contributed by atoms with van der Waals surface area (Å²) in [6, 6.07) is 11.9. The van der Waals surface area contributed by atoms with Crippen molar-refractivity contribution in [2.45, 2.75) is 6.92 Å². The normalized spacial score (nSPS) is 10.8. The Morgan fingerprint density at radius 3 is 2.61 bits per heavy atom. The first kappa shape index (κ1) is 22.2. The lowest BCUT2D eigenvalue weighted by molar-refractivity contribution is -0.119. The first-order chi connectivity index (χ1) is 15.9. The fourth-order valence-electron chi connectivity index (χ4n) is 3.43. The van der Waals surface area contributed by atoms with E-state index in [1.807, 2.05) is 17.5 Å². The van der Waals surface area contributed by atoms with Crippen molar-refractivity contribution in [2.75, 3.05) is 19.0 Å². The van der Waals surface area contributed by atoms with Gasteiger partial charge in [-0.15, -0.1) is 11.3 Å². The summed E-state index contributed by atoms with van der Waals surface area (Å²) in [4.78, 5) is 42.8. The lowest BCUT2D eigenvalue weighted by atomic mass is 10.1. The molecule has 0 atom stereocenters. The van der Waals surface area contributed by atoms with E-state index < -0.39 is 24.5 Å². The quantitative estimate of drug-likeness (QED) is 0.434. The topological polar surface area (TPSA) is 112 Å². The third-order valence-corrected chi connectivity index (χ3v) is 5.80. The van der Waals surface area contributed by atoms with E-state index in [1.165, 1.54) is 24.5 Å². The molecule has 4 rings (SSSR count). The van der Waals surface area contributed by atoms with Crippen LogP contribution >= 0.6 is 11.3 Å². The number of esters is 2. The summed E-state index contributed by atoms with van der Waals surface area (Å²) in [5.41, 5.74) is 2.52. The van der Waals surface area contributed by atoms with Crippen LogP contribution < -0.4 is 5.32 Å². The van der Waals surface area contributed by atoms with Gasteiger partial charge in [-0.2, -0.15) is 5.10 Å². The zero-order valence-electron chi connectivity index (χ0n) is 18.1. The Kier molecular flexibility index (Phi) is 6.18. The number of para-hydroxylation sites is 1. The molecule has 3 aromatic heterocycles. The van der Waals surface area contributed by atoms with Crippen LogP contribution in [0.1, 0.15) is 26.4 Å². The smallest absolute Gasteiger partial charge is 0.339 e. The Morgan fingerprint density at radius 1 is 1.09 bits per heavy atom. The number of carbonyl (C=O) groups is 3. The van der Waals surface area contributed by atoms with E-state index in [1.54, 1.807) is 42.9 Å². The van der Waals surface area contributed by atoms with Gasteiger partial charge in [0.25, 0.3) is 5.91 Å². The summed E-state index contributed by atoms with van der Waals surface area (Å²) in [6.45, 7) is 1.24. The Labute approximate surface area is 193 Å². The molecule has 10 heteroatoms. The fourth-order valence-corrected chi connectivity index (χ4v) is 4.12. The zero-order chi connectivity index (χ0) is 23.5. The Bertz CT molecular complexity index is 1360. The molecule has 3 heterocycles. The number of amides is 1. The number of fused-ring (bicyclic) bond motifs is 1. The minimum atomic E-state index is -0.673. The van der Waals surface area contributed by atoms with Crippen LogP contribution in [0.15, 0.2) is 47.8 Å². The third kappa shape index (κ3) is 4.46. The van der Waals surface area contributed by atoms with Crippen LogP contribution in [0.4, 0.5) is 5.69 Å². The van der Waals surface area contributed by atoms with Gasteiger partial charge in [0, 0.05) is 7.05 Å². The highest BCUT2D eigenvalue weighted by Crippen LogP contribution is 2.29. The Morgan fingerprint density at radius 2 is 1.88 bits per heavy atom. The summed E-state index contributed by atoms with van der Waals surface area (Å²) in [5.74, 6) is -1.85. The molecule has 0 spiro atoms. The van der Waals surface area contributed by atoms with Gasteiger partial charge in [0.2, 0.25) is 0 Å². The molecule has 0 aliphatic carbocycles. The Hall–Kier alpha value is -4.05. The van der Waals surface area contributed by atoms with Gasteiger partial charge in [-0.3, -0.25) is 9.48 Å². The highest BCUT2D eigenvalue weighted by atomic mass is 32.1. The molecule has 0 aliphatic rings. The molecule has 0 unspecified atom stereocenters. The molecule has 0 fully saturated rings. The minimum Gasteiger partial charge on any atom is -0.465 e. The maximum absolute atomic E-state index is 13.0. The maximum Gasteiger partial charge on any atom is 0.339 e. The van der Waals surface area contributed by atoms with Gasteiger partial charge in [0.1, 0.15) is 0 Å². The number of carbonyl (C=O) groups excluding carboxylic acids is 3. The monoisotopic (exact) mass is 464 g/mol. The number of hydrogen-bond donors (Lipinski definition) is 1. The van der Waals surface area contributed by atoms with Gasteiger partial charge in [0.05, 0.1) is 45.6 Å². The lowest BCUT2D eigenvalue weighted by Gasteiger charge is -2.11. The molecule has 9 nitrogen and oxygen atoms in total. The van der Waals surface area contributed by atoms with E-state index in [0.29, 0.717) is 22.4 Å². The van der Waals surface area contributed by atoms with Crippen LogP contribution in [0.2, 0.25) is 0 Å². The molecule has 33 heavy (non-hydrogen) atoms. The van der Waals surface area contributed by atoms with Crippen LogP contribution in [0.25, 0.3) is 21.6 Å². The number of pyridine rings is 1. The average molecular weight is 465 g/mol. The van der Waals surface area contributed by atoms with Gasteiger partial charge in [-0.05, 0) is 36.6 Å². The van der Waals surface area contributed by atoms with E-state index in [0.717, 1.165) is 4.88 Å². The van der Waals surface area contributed by atoms with Gasteiger partial charge in [-0.1, -0.05) is 18.2 Å². The van der Waals surface area contributed by atoms with Crippen molar-refractivity contribution in [3.63, 3.8) is 0 Å². The van der Waals surface area contributed by atoms with Crippen molar-refractivity contribution < 1.29 is 23.9 Å². The number of ether oxygens (including phenoxy) is 2. The van der Waals surface area contributed by atoms with Gasteiger partial charge < -0.3 is 14.8 Å². The molecule has 0 aliphatic heterocycles. The number of nitrogens with one attached hydrogen (secondary N) is 1. The SMILES string of the molecule is COC(=O)c1ccccc1NC(=O)COC(=O)c1cc(-c2cccs2)nc2c1c(C)nn2C. The van der Waals surface area contributed by atoms with Crippen molar-refractivity contribution >= 4 is 45.9 Å². The minimum absolute atomic E-state index is 0.196. The predicted octanol–water partition coefficient (Wildman–Crippen LogP) is 3.59. The number of aromatic nitrogens is 3. The van der Waals surface area contributed by atoms with Crippen molar-refractivity contribution in [3.8, 4) is 10.6 Å². The summed E-state index contributed by atoms with van der Waals surface area (Å²) in [5, 5.41) is 9.43. The molecule has 0 bridgehead atoms. The molecule has 168 valence electrons. The first-order valence-electron chi connectivity index (χ1n) is 9.91. The second kappa shape index (κ2) is 9.21. The number of methoxy groups -OCH3 is 1. The number of anilines is 1. The molecule has 1 aromatic carbocycles. The molecular weight excluding hydrogens is 444 g/mol. The molecule has 1 amide bonds. The van der Waals surface area contributed by atoms with Crippen molar-refractivity contribution in [1.82, 2.24) is 14.8 Å². The number of rotatable bonds is 6. The molecule has 1 N–H and O–H groups in total. The van der Waals surface area contributed by atoms with Crippen LogP contribution in [-0.4, -0.2) is 46.3 Å². The highest BCUT2D eigenvalue weighted by Gasteiger charge is 2.22. The lowest BCUT2D eigenvalue weighted by Crippen LogP contribution is -2.22. The van der Waals surface area contributed by atoms with Crippen LogP contribution in [-0.2, 0) is 21.3 Å². The standard InChI is InChI=1S/C23H20N4O5S/c1-13-20-15(11-17(18-9-6-10-33-18)25-21(20)27(2)26-13)23(30)32-12-19(28)24-16-8-5-4-7-14(16)22(29)31-3/h4-11H,12H2,1-3H3,(H,24,28). The van der Waals surface area contributed by atoms with Crippen LogP contribution in [0.5, 0.6) is 0 Å². The van der Waals surface area contributed by atoms with Gasteiger partial charge in [-0.25, -0.2) is 14.6 Å². The fraction of sp³-hybridized carbons (Fsp3) is 0.174. The molecule has 0 radical (unpaired) electrons. The number of hydrogen-bond acceptors (Lipinski definition) is 8. The predicted molar refractivity (Wildman–Crippen MR) is 123 cm³/mol. The van der Waals surface area contributed by atoms with E-state index >= 15 is 0 Å². The van der Waals surface area contributed by atoms with Gasteiger partial charge >= 0.3 is 11.9 Å². The summed E-state index contributed by atoms with van der Waals surface area (Å²) in [6.07, 6.45) is 0. The summed E-state index contributed by atoms with van der Waals surface area (Å²) >= 11 is 1.50. The molecular formula is C23H20N4O5S. The number of benzene rings is 1. The van der Waals surface area contributed by atoms with Crippen LogP contribution in [0.3, 0.4) is 0 Å². The Balaban J connectivity index is 1.56. The molecule has 0 saturated carbocycles. The van der Waals surface area contributed by atoms with E-state index in [4.69, 9.17) is 9.47 Å². The zero-order valence-corrected chi connectivity index (χ0v) is 18.9. The van der Waals surface area contributed by atoms with Crippen molar-refractivity contribution in [2.24, 2.45) is 7.05 Å². The summed E-state index contributed by atoms with van der Waals surface area (Å²) < 4.78 is 11.6. The van der Waals surface area contributed by atoms with E-state index in [2.05, 4.69) is 15.4 Å². The molecule has 0 saturated heterocycles. The third-order valence-electron chi connectivity index (χ3n) is 4.90. The number of nitrogens with zero attached hydrogens (tertiary/aromatic N) is 3. The second-order valence-corrected chi connectivity index (χ2v) is 8.05. The van der Waals surface area contributed by atoms with E-state index in [-0.39, 0.29) is 16.8 Å². The van der Waals surface area contributed by atoms with Crippen molar-refractivity contribution in [3.05, 3.63) is 64.7 Å². The maximum atomic E-state index is 13.0. The largest absolute Gasteiger partial charge is 0.465 e. The van der Waals surface area contributed by atoms with Gasteiger partial charge in [0.15, 0.2) is 12.3 Å². The van der Waals surface area contributed by atoms with Crippen LogP contribution in [0, 0.1) is 6.92 Å². The van der Waals surface area contributed by atoms with Crippen molar-refractivity contribution in [1.29, 1.82) is 0 Å².